The van der Waals surface area contributed by atoms with Crippen molar-refractivity contribution in [2.45, 2.75) is 11.8 Å². The first kappa shape index (κ1) is 15.2. The van der Waals surface area contributed by atoms with E-state index in [1.54, 1.807) is 11.0 Å². The monoisotopic (exact) mass is 284 g/mol. The summed E-state index contributed by atoms with van der Waals surface area (Å²) >= 11 is 0. The number of rotatable bonds is 6. The van der Waals surface area contributed by atoms with Crippen LogP contribution >= 0.6 is 0 Å². The van der Waals surface area contributed by atoms with E-state index in [1.807, 2.05) is 6.92 Å². The van der Waals surface area contributed by atoms with Crippen LogP contribution in [0.4, 0.5) is 5.69 Å². The Hall–Kier alpha value is -1.86. The SMILES string of the molecule is C=CCN(CC)c1ccc(S(N)(=O)=O)cc1C(=O)O. The van der Waals surface area contributed by atoms with Gasteiger partial charge in [-0.3, -0.25) is 0 Å². The number of nitrogens with two attached hydrogens (primary N) is 1. The van der Waals surface area contributed by atoms with E-state index in [4.69, 9.17) is 5.14 Å². The van der Waals surface area contributed by atoms with Gasteiger partial charge in [0, 0.05) is 13.1 Å². The Kier molecular flexibility index (Phi) is 4.68. The molecule has 0 fully saturated rings. The summed E-state index contributed by atoms with van der Waals surface area (Å²) in [6.07, 6.45) is 1.64. The molecule has 0 atom stereocenters. The van der Waals surface area contributed by atoms with Crippen molar-refractivity contribution >= 4 is 21.7 Å². The van der Waals surface area contributed by atoms with Gasteiger partial charge in [-0.05, 0) is 25.1 Å². The van der Waals surface area contributed by atoms with E-state index in [-0.39, 0.29) is 10.5 Å². The molecular weight excluding hydrogens is 268 g/mol. The van der Waals surface area contributed by atoms with Crippen molar-refractivity contribution in [3.8, 4) is 0 Å². The average Bonchev–Trinajstić information content (AvgIpc) is 2.34. The number of carboxylic acids is 1. The Morgan fingerprint density at radius 1 is 1.53 bits per heavy atom. The van der Waals surface area contributed by atoms with Crippen molar-refractivity contribution in [2.24, 2.45) is 5.14 Å². The molecule has 1 rings (SSSR count). The lowest BCUT2D eigenvalue weighted by Crippen LogP contribution is -2.25. The van der Waals surface area contributed by atoms with Crippen molar-refractivity contribution in [1.82, 2.24) is 0 Å². The average molecular weight is 284 g/mol. The molecule has 1 aromatic rings. The van der Waals surface area contributed by atoms with E-state index in [0.717, 1.165) is 6.07 Å². The zero-order valence-electron chi connectivity index (χ0n) is 10.5. The summed E-state index contributed by atoms with van der Waals surface area (Å²) in [7, 11) is -3.92. The number of primary sulfonamides is 1. The molecule has 0 aliphatic rings. The Bertz CT molecular complexity index is 596. The van der Waals surface area contributed by atoms with Crippen LogP contribution in [0, 0.1) is 0 Å². The number of sulfonamides is 1. The predicted molar refractivity (Wildman–Crippen MR) is 72.9 cm³/mol. The summed E-state index contributed by atoms with van der Waals surface area (Å²) in [5.74, 6) is -1.21. The molecule has 0 amide bonds. The summed E-state index contributed by atoms with van der Waals surface area (Å²) in [4.78, 5) is 12.8. The molecule has 104 valence electrons. The highest BCUT2D eigenvalue weighted by molar-refractivity contribution is 7.89. The maximum atomic E-state index is 11.2. The molecule has 0 heterocycles. The smallest absolute Gasteiger partial charge is 0.337 e. The molecule has 0 aliphatic carbocycles. The standard InChI is InChI=1S/C12H16N2O4S/c1-3-7-14(4-2)11-6-5-9(19(13,17)18)8-10(11)12(15)16/h3,5-6,8H,1,4,7H2,2H3,(H,15,16)(H2,13,17,18). The van der Waals surface area contributed by atoms with E-state index >= 15 is 0 Å². The molecule has 0 radical (unpaired) electrons. The molecule has 0 unspecified atom stereocenters. The van der Waals surface area contributed by atoms with Crippen LogP contribution in [0.5, 0.6) is 0 Å². The molecule has 3 N–H and O–H groups in total. The highest BCUT2D eigenvalue weighted by Crippen LogP contribution is 2.23. The van der Waals surface area contributed by atoms with Gasteiger partial charge in [0.1, 0.15) is 0 Å². The maximum Gasteiger partial charge on any atom is 0.337 e. The number of carbonyl (C=O) groups is 1. The van der Waals surface area contributed by atoms with Gasteiger partial charge >= 0.3 is 5.97 Å². The van der Waals surface area contributed by atoms with Gasteiger partial charge in [-0.1, -0.05) is 6.08 Å². The number of anilines is 1. The molecule has 0 saturated carbocycles. The molecule has 0 spiro atoms. The van der Waals surface area contributed by atoms with Crippen LogP contribution in [0.2, 0.25) is 0 Å². The van der Waals surface area contributed by atoms with Gasteiger partial charge in [-0.15, -0.1) is 6.58 Å². The molecule has 0 aromatic heterocycles. The summed E-state index contributed by atoms with van der Waals surface area (Å²) in [6.45, 7) is 6.50. The molecule has 0 saturated heterocycles. The minimum absolute atomic E-state index is 0.102. The summed E-state index contributed by atoms with van der Waals surface area (Å²) < 4.78 is 22.5. The van der Waals surface area contributed by atoms with Crippen LogP contribution < -0.4 is 10.0 Å². The van der Waals surface area contributed by atoms with E-state index < -0.39 is 16.0 Å². The number of likely N-dealkylation sites (N-methyl/N-ethyl adjacent to an activating group) is 1. The van der Waals surface area contributed by atoms with Crippen molar-refractivity contribution in [3.05, 3.63) is 36.4 Å². The summed E-state index contributed by atoms with van der Waals surface area (Å²) in [5, 5.41) is 14.2. The minimum atomic E-state index is -3.92. The van der Waals surface area contributed by atoms with Gasteiger partial charge in [0.05, 0.1) is 16.1 Å². The first-order chi connectivity index (χ1) is 8.81. The Morgan fingerprint density at radius 2 is 2.16 bits per heavy atom. The van der Waals surface area contributed by atoms with E-state index in [1.165, 1.54) is 12.1 Å². The maximum absolute atomic E-state index is 11.2. The van der Waals surface area contributed by atoms with Crippen LogP contribution in [0.1, 0.15) is 17.3 Å². The number of nitrogens with zero attached hydrogens (tertiary/aromatic N) is 1. The summed E-state index contributed by atoms with van der Waals surface area (Å²) in [5.41, 5.74) is 0.331. The van der Waals surface area contributed by atoms with Gasteiger partial charge in [0.15, 0.2) is 0 Å². The molecule has 0 bridgehead atoms. The van der Waals surface area contributed by atoms with E-state index in [9.17, 15) is 18.3 Å². The zero-order chi connectivity index (χ0) is 14.6. The van der Waals surface area contributed by atoms with Gasteiger partial charge < -0.3 is 10.0 Å². The lowest BCUT2D eigenvalue weighted by atomic mass is 10.1. The normalized spacial score (nSPS) is 11.1. The second-order valence-electron chi connectivity index (χ2n) is 3.86. The fourth-order valence-electron chi connectivity index (χ4n) is 1.69. The van der Waals surface area contributed by atoms with Crippen molar-refractivity contribution in [3.63, 3.8) is 0 Å². The lowest BCUT2D eigenvalue weighted by molar-refractivity contribution is 0.0697. The van der Waals surface area contributed by atoms with Gasteiger partial charge in [0.25, 0.3) is 0 Å². The largest absolute Gasteiger partial charge is 0.478 e. The quantitative estimate of drug-likeness (QED) is 0.760. The van der Waals surface area contributed by atoms with Gasteiger partial charge in [-0.25, -0.2) is 18.4 Å². The highest BCUT2D eigenvalue weighted by Gasteiger charge is 2.18. The number of hydrogen-bond donors (Lipinski definition) is 2. The third-order valence-corrected chi connectivity index (χ3v) is 3.51. The van der Waals surface area contributed by atoms with Crippen LogP contribution in [0.15, 0.2) is 35.7 Å². The third kappa shape index (κ3) is 3.55. The Balaban J connectivity index is 3.41. The second kappa shape index (κ2) is 5.85. The molecule has 1 aromatic carbocycles. The van der Waals surface area contributed by atoms with Crippen molar-refractivity contribution in [2.75, 3.05) is 18.0 Å². The van der Waals surface area contributed by atoms with Gasteiger partial charge in [-0.2, -0.15) is 0 Å². The van der Waals surface area contributed by atoms with Crippen LogP contribution in [0.3, 0.4) is 0 Å². The van der Waals surface area contributed by atoms with E-state index in [0.29, 0.717) is 18.8 Å². The first-order valence-corrected chi connectivity index (χ1v) is 7.11. The van der Waals surface area contributed by atoms with Crippen LogP contribution in [0.25, 0.3) is 0 Å². The Labute approximate surface area is 112 Å². The zero-order valence-corrected chi connectivity index (χ0v) is 11.4. The molecular formula is C12H16N2O4S. The number of aromatic carboxylic acids is 1. The fourth-order valence-corrected chi connectivity index (χ4v) is 2.23. The van der Waals surface area contributed by atoms with E-state index in [2.05, 4.69) is 6.58 Å². The molecule has 6 nitrogen and oxygen atoms in total. The topological polar surface area (TPSA) is 101 Å². The first-order valence-electron chi connectivity index (χ1n) is 5.57. The molecule has 7 heteroatoms. The molecule has 19 heavy (non-hydrogen) atoms. The highest BCUT2D eigenvalue weighted by atomic mass is 32.2. The second-order valence-corrected chi connectivity index (χ2v) is 5.42. The fraction of sp³-hybridized carbons (Fsp3) is 0.250. The lowest BCUT2D eigenvalue weighted by Gasteiger charge is -2.23. The predicted octanol–water partition coefficient (Wildman–Crippen LogP) is 1.04. The van der Waals surface area contributed by atoms with Crippen molar-refractivity contribution < 1.29 is 18.3 Å². The Morgan fingerprint density at radius 3 is 2.58 bits per heavy atom. The van der Waals surface area contributed by atoms with Crippen LogP contribution in [-0.2, 0) is 10.0 Å². The van der Waals surface area contributed by atoms with Crippen LogP contribution in [-0.4, -0.2) is 32.6 Å². The third-order valence-electron chi connectivity index (χ3n) is 2.60. The number of carboxylic acid groups (broad SMARTS) is 1. The summed E-state index contributed by atoms with van der Waals surface area (Å²) in [6, 6.07) is 3.80. The van der Waals surface area contributed by atoms with Crippen molar-refractivity contribution in [1.29, 1.82) is 0 Å². The molecule has 0 aliphatic heterocycles. The van der Waals surface area contributed by atoms with Gasteiger partial charge in [0.2, 0.25) is 10.0 Å². The number of benzene rings is 1. The minimum Gasteiger partial charge on any atom is -0.478 e. The number of hydrogen-bond acceptors (Lipinski definition) is 4.